The third-order valence-electron chi connectivity index (χ3n) is 7.83. The van der Waals surface area contributed by atoms with E-state index in [0.717, 1.165) is 35.0 Å². The number of hydrogen-bond donors (Lipinski definition) is 5. The zero-order valence-electron chi connectivity index (χ0n) is 22.3. The van der Waals surface area contributed by atoms with E-state index < -0.39 is 30.0 Å². The van der Waals surface area contributed by atoms with Gasteiger partial charge in [0.05, 0.1) is 6.04 Å². The largest absolute Gasteiger partial charge is 0.480 e. The number of H-pyrrole nitrogens is 1. The molecule has 2 aliphatic rings. The Balaban J connectivity index is 1.30. The van der Waals surface area contributed by atoms with E-state index in [9.17, 15) is 24.3 Å². The summed E-state index contributed by atoms with van der Waals surface area (Å²) in [5.74, 6) is -2.21. The highest BCUT2D eigenvalue weighted by atomic mass is 16.4. The van der Waals surface area contributed by atoms with Gasteiger partial charge in [-0.1, -0.05) is 48.5 Å². The van der Waals surface area contributed by atoms with Crippen LogP contribution in [0.5, 0.6) is 0 Å². The van der Waals surface area contributed by atoms with Crippen LogP contribution in [-0.2, 0) is 32.0 Å². The zero-order valence-corrected chi connectivity index (χ0v) is 22.3. The lowest BCUT2D eigenvalue weighted by atomic mass is 10.0. The molecule has 210 valence electrons. The standard InChI is InChI=1S/C30H35N5O5/c36-27(23-12-6-14-31-23)33-24(16-19-8-2-1-3-9-19)29(38)35-15-7-13-26(35)28(37)34-25(30(39)40)17-20-18-32-22-11-5-4-10-21(20)22/h1-5,8-11,18,23-26,31-32H,6-7,12-17H2,(H,33,36)(H,34,37)(H,39,40)/t23-,24-,25-,26-/m0/s1. The molecule has 10 heteroatoms. The normalized spacial score (nSPS) is 20.2. The van der Waals surface area contributed by atoms with E-state index in [4.69, 9.17) is 0 Å². The van der Waals surface area contributed by atoms with Crippen LogP contribution < -0.4 is 16.0 Å². The molecule has 3 aromatic rings. The molecule has 5 rings (SSSR count). The van der Waals surface area contributed by atoms with Crippen molar-refractivity contribution in [3.8, 4) is 0 Å². The summed E-state index contributed by atoms with van der Waals surface area (Å²) in [5, 5.41) is 19.6. The van der Waals surface area contributed by atoms with Gasteiger partial charge >= 0.3 is 5.97 Å². The molecule has 2 aromatic carbocycles. The summed E-state index contributed by atoms with van der Waals surface area (Å²) < 4.78 is 0. The topological polar surface area (TPSA) is 144 Å². The van der Waals surface area contributed by atoms with Crippen LogP contribution in [0.1, 0.15) is 36.8 Å². The Morgan fingerprint density at radius 2 is 1.65 bits per heavy atom. The number of nitrogens with one attached hydrogen (secondary N) is 4. The molecule has 2 aliphatic heterocycles. The van der Waals surface area contributed by atoms with Crippen molar-refractivity contribution in [2.75, 3.05) is 13.1 Å². The first-order chi connectivity index (χ1) is 19.4. The highest BCUT2D eigenvalue weighted by Crippen LogP contribution is 2.22. The van der Waals surface area contributed by atoms with Crippen LogP contribution in [-0.4, -0.2) is 75.9 Å². The first kappa shape index (κ1) is 27.4. The molecule has 3 amide bonds. The molecule has 2 fully saturated rings. The van der Waals surface area contributed by atoms with Gasteiger partial charge in [0, 0.05) is 36.5 Å². The summed E-state index contributed by atoms with van der Waals surface area (Å²) in [4.78, 5) is 56.9. The predicted octanol–water partition coefficient (Wildman–Crippen LogP) is 1.75. The predicted molar refractivity (Wildman–Crippen MR) is 149 cm³/mol. The Kier molecular flexibility index (Phi) is 8.45. The number of carboxylic acid groups (broad SMARTS) is 1. The van der Waals surface area contributed by atoms with Crippen molar-refractivity contribution < 1.29 is 24.3 Å². The van der Waals surface area contributed by atoms with Crippen LogP contribution in [0.25, 0.3) is 10.9 Å². The summed E-state index contributed by atoms with van der Waals surface area (Å²) >= 11 is 0. The quantitative estimate of drug-likeness (QED) is 0.263. The van der Waals surface area contributed by atoms with Crippen LogP contribution in [0.2, 0.25) is 0 Å². The van der Waals surface area contributed by atoms with Crippen LogP contribution in [0, 0.1) is 0 Å². The summed E-state index contributed by atoms with van der Waals surface area (Å²) in [6.07, 6.45) is 4.79. The van der Waals surface area contributed by atoms with E-state index in [1.165, 1.54) is 4.90 Å². The van der Waals surface area contributed by atoms with Crippen molar-refractivity contribution in [3.05, 3.63) is 71.9 Å². The molecular formula is C30H35N5O5. The highest BCUT2D eigenvalue weighted by molar-refractivity contribution is 5.95. The summed E-state index contributed by atoms with van der Waals surface area (Å²) in [6, 6.07) is 13.9. The number of carboxylic acids is 1. The number of benzene rings is 2. The second-order valence-corrected chi connectivity index (χ2v) is 10.6. The molecule has 0 spiro atoms. The summed E-state index contributed by atoms with van der Waals surface area (Å²) in [6.45, 7) is 1.12. The van der Waals surface area contributed by atoms with E-state index in [0.29, 0.717) is 32.2 Å². The van der Waals surface area contributed by atoms with Crippen molar-refractivity contribution in [3.63, 3.8) is 0 Å². The second kappa shape index (κ2) is 12.3. The van der Waals surface area contributed by atoms with Crippen molar-refractivity contribution in [2.24, 2.45) is 0 Å². The van der Waals surface area contributed by atoms with Crippen molar-refractivity contribution in [1.82, 2.24) is 25.8 Å². The van der Waals surface area contributed by atoms with Gasteiger partial charge in [0.1, 0.15) is 18.1 Å². The monoisotopic (exact) mass is 545 g/mol. The molecule has 1 aromatic heterocycles. The molecule has 0 bridgehead atoms. The molecule has 0 radical (unpaired) electrons. The number of fused-ring (bicyclic) bond motifs is 1. The van der Waals surface area contributed by atoms with Crippen LogP contribution in [0.4, 0.5) is 0 Å². The molecular weight excluding hydrogens is 510 g/mol. The van der Waals surface area contributed by atoms with Gasteiger partial charge in [0.15, 0.2) is 0 Å². The fourth-order valence-electron chi connectivity index (χ4n) is 5.72. The second-order valence-electron chi connectivity index (χ2n) is 10.6. The van der Waals surface area contributed by atoms with Crippen molar-refractivity contribution >= 4 is 34.6 Å². The smallest absolute Gasteiger partial charge is 0.326 e. The maximum Gasteiger partial charge on any atom is 0.326 e. The van der Waals surface area contributed by atoms with Gasteiger partial charge < -0.3 is 30.9 Å². The molecule has 4 atom stereocenters. The Bertz CT molecular complexity index is 1370. The van der Waals surface area contributed by atoms with E-state index in [1.54, 1.807) is 6.20 Å². The highest BCUT2D eigenvalue weighted by Gasteiger charge is 2.39. The average Bonchev–Trinajstić information content (AvgIpc) is 3.74. The molecule has 40 heavy (non-hydrogen) atoms. The Hall–Kier alpha value is -4.18. The van der Waals surface area contributed by atoms with Gasteiger partial charge in [-0.05, 0) is 49.4 Å². The minimum absolute atomic E-state index is 0.104. The number of para-hydroxylation sites is 1. The number of nitrogens with zero attached hydrogens (tertiary/aromatic N) is 1. The zero-order chi connectivity index (χ0) is 28.1. The van der Waals surface area contributed by atoms with Crippen LogP contribution in [0.3, 0.4) is 0 Å². The summed E-state index contributed by atoms with van der Waals surface area (Å²) in [5.41, 5.74) is 2.57. The maximum atomic E-state index is 13.8. The lowest BCUT2D eigenvalue weighted by molar-refractivity contribution is -0.144. The third-order valence-corrected chi connectivity index (χ3v) is 7.83. The van der Waals surface area contributed by atoms with E-state index in [1.807, 2.05) is 54.6 Å². The number of likely N-dealkylation sites (tertiary alicyclic amines) is 1. The summed E-state index contributed by atoms with van der Waals surface area (Å²) in [7, 11) is 0. The number of carbonyl (C=O) groups excluding carboxylic acids is 3. The first-order valence-corrected chi connectivity index (χ1v) is 13.9. The van der Waals surface area contributed by atoms with E-state index in [2.05, 4.69) is 20.9 Å². The van der Waals surface area contributed by atoms with Crippen LogP contribution in [0.15, 0.2) is 60.8 Å². The lowest BCUT2D eigenvalue weighted by Crippen LogP contribution is -2.57. The molecule has 5 N–H and O–H groups in total. The fraction of sp³-hybridized carbons (Fsp3) is 0.400. The van der Waals surface area contributed by atoms with E-state index >= 15 is 0 Å². The Morgan fingerprint density at radius 1 is 0.900 bits per heavy atom. The van der Waals surface area contributed by atoms with Gasteiger partial charge in [-0.15, -0.1) is 0 Å². The molecule has 0 saturated carbocycles. The van der Waals surface area contributed by atoms with Crippen molar-refractivity contribution in [2.45, 2.75) is 62.7 Å². The molecule has 0 aliphatic carbocycles. The van der Waals surface area contributed by atoms with Gasteiger partial charge in [-0.2, -0.15) is 0 Å². The number of aromatic nitrogens is 1. The van der Waals surface area contributed by atoms with Gasteiger partial charge in [0.25, 0.3) is 0 Å². The van der Waals surface area contributed by atoms with Crippen molar-refractivity contribution in [1.29, 1.82) is 0 Å². The SMILES string of the molecule is O=C(O)[C@H](Cc1c[nH]c2ccccc12)NC(=O)[C@@H]1CCCN1C(=O)[C@H](Cc1ccccc1)NC(=O)[C@@H]1CCCN1. The van der Waals surface area contributed by atoms with Crippen LogP contribution >= 0.6 is 0 Å². The minimum atomic E-state index is -1.16. The molecule has 3 heterocycles. The average molecular weight is 546 g/mol. The Morgan fingerprint density at radius 3 is 2.40 bits per heavy atom. The maximum absolute atomic E-state index is 13.8. The number of aromatic amines is 1. The minimum Gasteiger partial charge on any atom is -0.480 e. The molecule has 10 nitrogen and oxygen atoms in total. The number of hydrogen-bond acceptors (Lipinski definition) is 5. The molecule has 0 unspecified atom stereocenters. The number of carbonyl (C=O) groups is 4. The van der Waals surface area contributed by atoms with Gasteiger partial charge in [-0.3, -0.25) is 14.4 Å². The number of rotatable bonds is 10. The van der Waals surface area contributed by atoms with E-state index in [-0.39, 0.29) is 24.3 Å². The van der Waals surface area contributed by atoms with Gasteiger partial charge in [-0.25, -0.2) is 4.79 Å². The third kappa shape index (κ3) is 6.17. The fourth-order valence-corrected chi connectivity index (χ4v) is 5.72. The number of aliphatic carboxylic acids is 1. The first-order valence-electron chi connectivity index (χ1n) is 13.9. The lowest BCUT2D eigenvalue weighted by Gasteiger charge is -2.30. The molecule has 2 saturated heterocycles. The van der Waals surface area contributed by atoms with Gasteiger partial charge in [0.2, 0.25) is 17.7 Å². The number of amides is 3. The Labute approximate surface area is 232 Å².